The van der Waals surface area contributed by atoms with Crippen molar-refractivity contribution in [1.29, 1.82) is 0 Å². The second kappa shape index (κ2) is 9.47. The molecule has 0 aliphatic heterocycles. The fourth-order valence-electron chi connectivity index (χ4n) is 7.33. The Morgan fingerprint density at radius 1 is 0.788 bits per heavy atom. The fraction of sp³-hybridized carbons (Fsp3) is 0.667. The summed E-state index contributed by atoms with van der Waals surface area (Å²) in [5.74, 6) is 2.64. The van der Waals surface area contributed by atoms with Gasteiger partial charge in [-0.25, -0.2) is 0 Å². The summed E-state index contributed by atoms with van der Waals surface area (Å²) in [5, 5.41) is 8.99. The van der Waals surface area contributed by atoms with Gasteiger partial charge in [-0.1, -0.05) is 25.0 Å². The van der Waals surface area contributed by atoms with Gasteiger partial charge in [0.15, 0.2) is 0 Å². The Labute approximate surface area is 196 Å². The first kappa shape index (κ1) is 22.4. The summed E-state index contributed by atoms with van der Waals surface area (Å²) in [6, 6.07) is 7.44. The molecular weight excluding hydrogens is 414 g/mol. The second-order valence-electron chi connectivity index (χ2n) is 11.1. The minimum Gasteiger partial charge on any atom is -0.354 e. The maximum absolute atomic E-state index is 13.1. The zero-order valence-corrected chi connectivity index (χ0v) is 19.5. The molecule has 178 valence electrons. The Morgan fingerprint density at radius 2 is 1.36 bits per heavy atom. The average molecular weight is 452 g/mol. The Kier molecular flexibility index (Phi) is 6.44. The lowest BCUT2D eigenvalue weighted by Crippen LogP contribution is -2.53. The lowest BCUT2D eigenvalue weighted by atomic mass is 9.49. The number of carbonyl (C=O) groups is 3. The van der Waals surface area contributed by atoms with Crippen molar-refractivity contribution in [3.63, 3.8) is 0 Å². The molecule has 0 unspecified atom stereocenters. The predicted molar refractivity (Wildman–Crippen MR) is 126 cm³/mol. The van der Waals surface area contributed by atoms with Crippen LogP contribution >= 0.6 is 0 Å². The van der Waals surface area contributed by atoms with Crippen LogP contribution in [0.3, 0.4) is 0 Å². The SMILES string of the molecule is O=C(NCCNC(=O)C1CCCC1)c1ccc(CNC(=O)C23CC4CC(CC(C4)C2)C3)cc1. The smallest absolute Gasteiger partial charge is 0.251 e. The van der Waals surface area contributed by atoms with E-state index in [1.807, 2.05) is 12.1 Å². The van der Waals surface area contributed by atoms with Crippen LogP contribution in [0.5, 0.6) is 0 Å². The van der Waals surface area contributed by atoms with E-state index in [0.717, 1.165) is 68.3 Å². The van der Waals surface area contributed by atoms with Crippen LogP contribution in [0, 0.1) is 29.1 Å². The van der Waals surface area contributed by atoms with Gasteiger partial charge >= 0.3 is 0 Å². The highest BCUT2D eigenvalue weighted by molar-refractivity contribution is 5.94. The van der Waals surface area contributed by atoms with Crippen molar-refractivity contribution < 1.29 is 14.4 Å². The highest BCUT2D eigenvalue weighted by Crippen LogP contribution is 2.60. The lowest BCUT2D eigenvalue weighted by molar-refractivity contribution is -0.146. The van der Waals surface area contributed by atoms with Gasteiger partial charge in [0, 0.05) is 36.5 Å². The Morgan fingerprint density at radius 3 is 1.97 bits per heavy atom. The molecule has 0 radical (unpaired) electrons. The van der Waals surface area contributed by atoms with Gasteiger partial charge in [-0.2, -0.15) is 0 Å². The molecule has 6 nitrogen and oxygen atoms in total. The fourth-order valence-corrected chi connectivity index (χ4v) is 7.33. The third-order valence-corrected chi connectivity index (χ3v) is 8.62. The van der Waals surface area contributed by atoms with Crippen LogP contribution in [0.15, 0.2) is 24.3 Å². The van der Waals surface area contributed by atoms with Gasteiger partial charge in [0.25, 0.3) is 5.91 Å². The first-order chi connectivity index (χ1) is 16.0. The van der Waals surface area contributed by atoms with Crippen molar-refractivity contribution in [2.75, 3.05) is 13.1 Å². The van der Waals surface area contributed by atoms with E-state index in [0.29, 0.717) is 25.2 Å². The molecular formula is C27H37N3O3. The van der Waals surface area contributed by atoms with Gasteiger partial charge in [-0.3, -0.25) is 14.4 Å². The van der Waals surface area contributed by atoms with E-state index in [1.54, 1.807) is 12.1 Å². The molecule has 6 heteroatoms. The van der Waals surface area contributed by atoms with Crippen molar-refractivity contribution in [3.8, 4) is 0 Å². The second-order valence-corrected chi connectivity index (χ2v) is 11.1. The van der Waals surface area contributed by atoms with Crippen LogP contribution < -0.4 is 16.0 Å². The molecule has 3 amide bonds. The summed E-state index contributed by atoms with van der Waals surface area (Å²) in [5.41, 5.74) is 1.48. The maximum Gasteiger partial charge on any atom is 0.251 e. The van der Waals surface area contributed by atoms with Crippen LogP contribution in [0.1, 0.15) is 80.1 Å². The molecule has 6 rings (SSSR count). The summed E-state index contributed by atoms with van der Waals surface area (Å²) in [6.45, 7) is 1.38. The molecule has 0 atom stereocenters. The van der Waals surface area contributed by atoms with Gasteiger partial charge in [-0.15, -0.1) is 0 Å². The van der Waals surface area contributed by atoms with Gasteiger partial charge in [-0.05, 0) is 86.8 Å². The van der Waals surface area contributed by atoms with Crippen molar-refractivity contribution in [2.45, 2.75) is 70.8 Å². The molecule has 0 spiro atoms. The monoisotopic (exact) mass is 451 g/mol. The number of benzene rings is 1. The largest absolute Gasteiger partial charge is 0.354 e. The van der Waals surface area contributed by atoms with Gasteiger partial charge in [0.2, 0.25) is 11.8 Å². The molecule has 0 heterocycles. The lowest BCUT2D eigenvalue weighted by Gasteiger charge is -2.55. The quantitative estimate of drug-likeness (QED) is 0.528. The molecule has 3 N–H and O–H groups in total. The molecule has 4 bridgehead atoms. The molecule has 5 aliphatic carbocycles. The Bertz CT molecular complexity index is 853. The molecule has 0 aromatic heterocycles. The summed E-state index contributed by atoms with van der Waals surface area (Å²) in [4.78, 5) is 37.5. The van der Waals surface area contributed by atoms with E-state index in [9.17, 15) is 14.4 Å². The van der Waals surface area contributed by atoms with Crippen LogP contribution in [0.25, 0.3) is 0 Å². The third-order valence-electron chi connectivity index (χ3n) is 8.62. The Hall–Kier alpha value is -2.37. The van der Waals surface area contributed by atoms with Crippen LogP contribution in [0.2, 0.25) is 0 Å². The topological polar surface area (TPSA) is 87.3 Å². The van der Waals surface area contributed by atoms with Crippen molar-refractivity contribution in [3.05, 3.63) is 35.4 Å². The van der Waals surface area contributed by atoms with E-state index in [-0.39, 0.29) is 29.1 Å². The number of rotatable bonds is 8. The molecule has 0 saturated heterocycles. The highest BCUT2D eigenvalue weighted by Gasteiger charge is 2.54. The molecule has 1 aromatic carbocycles. The molecule has 5 fully saturated rings. The molecule has 5 saturated carbocycles. The zero-order chi connectivity index (χ0) is 22.8. The van der Waals surface area contributed by atoms with E-state index in [4.69, 9.17) is 0 Å². The molecule has 5 aliphatic rings. The van der Waals surface area contributed by atoms with Gasteiger partial charge in [0.05, 0.1) is 0 Å². The van der Waals surface area contributed by atoms with Gasteiger partial charge in [0.1, 0.15) is 0 Å². The Balaban J connectivity index is 1.05. The van der Waals surface area contributed by atoms with E-state index >= 15 is 0 Å². The summed E-state index contributed by atoms with van der Waals surface area (Å²) in [6.07, 6.45) is 11.5. The third kappa shape index (κ3) is 4.95. The normalized spacial score (nSPS) is 30.2. The van der Waals surface area contributed by atoms with Crippen LogP contribution in [0.4, 0.5) is 0 Å². The number of hydrogen-bond donors (Lipinski definition) is 3. The first-order valence-electron chi connectivity index (χ1n) is 12.9. The maximum atomic E-state index is 13.1. The molecule has 1 aromatic rings. The van der Waals surface area contributed by atoms with Crippen LogP contribution in [-0.4, -0.2) is 30.8 Å². The van der Waals surface area contributed by atoms with Gasteiger partial charge < -0.3 is 16.0 Å². The minimum absolute atomic E-state index is 0.113. The molecule has 33 heavy (non-hydrogen) atoms. The van der Waals surface area contributed by atoms with E-state index in [2.05, 4.69) is 16.0 Å². The van der Waals surface area contributed by atoms with E-state index in [1.165, 1.54) is 19.3 Å². The van der Waals surface area contributed by atoms with Crippen molar-refractivity contribution in [2.24, 2.45) is 29.1 Å². The number of amides is 3. The standard InChI is InChI=1S/C27H37N3O3/c31-24(22-3-1-2-4-22)28-9-10-29-25(32)23-7-5-18(6-8-23)17-30-26(33)27-14-19-11-20(15-27)13-21(12-19)16-27/h5-8,19-22H,1-4,9-17H2,(H,28,31)(H,29,32)(H,30,33). The summed E-state index contributed by atoms with van der Waals surface area (Å²) < 4.78 is 0. The summed E-state index contributed by atoms with van der Waals surface area (Å²) in [7, 11) is 0. The zero-order valence-electron chi connectivity index (χ0n) is 19.5. The first-order valence-corrected chi connectivity index (χ1v) is 12.9. The van der Waals surface area contributed by atoms with E-state index < -0.39 is 0 Å². The number of carbonyl (C=O) groups excluding carboxylic acids is 3. The number of hydrogen-bond acceptors (Lipinski definition) is 3. The van der Waals surface area contributed by atoms with Crippen molar-refractivity contribution >= 4 is 17.7 Å². The minimum atomic E-state index is -0.144. The highest BCUT2D eigenvalue weighted by atomic mass is 16.2. The predicted octanol–water partition coefficient (Wildman–Crippen LogP) is 3.56. The van der Waals surface area contributed by atoms with Crippen molar-refractivity contribution in [1.82, 2.24) is 16.0 Å². The summed E-state index contributed by atoms with van der Waals surface area (Å²) >= 11 is 0. The number of nitrogens with one attached hydrogen (secondary N) is 3. The average Bonchev–Trinajstić information content (AvgIpc) is 3.34. The van der Waals surface area contributed by atoms with Crippen LogP contribution in [-0.2, 0) is 16.1 Å².